The first kappa shape index (κ1) is 14.7. The topological polar surface area (TPSA) is 51.0 Å². The lowest BCUT2D eigenvalue weighted by atomic mass is 10.5. The zero-order chi connectivity index (χ0) is 14.8. The van der Waals surface area contributed by atoms with E-state index in [1.165, 1.54) is 12.3 Å². The molecule has 0 unspecified atom stereocenters. The van der Waals surface area contributed by atoms with Crippen molar-refractivity contribution in [3.63, 3.8) is 0 Å². The van der Waals surface area contributed by atoms with E-state index in [2.05, 4.69) is 15.3 Å². The number of anilines is 1. The molecule has 1 N–H and O–H groups in total. The van der Waals surface area contributed by atoms with Gasteiger partial charge in [-0.25, -0.2) is 9.97 Å². The van der Waals surface area contributed by atoms with Gasteiger partial charge in [0.15, 0.2) is 0 Å². The van der Waals surface area contributed by atoms with Crippen molar-refractivity contribution in [3.05, 3.63) is 30.0 Å². The lowest BCUT2D eigenvalue weighted by Gasteiger charge is -2.10. The summed E-state index contributed by atoms with van der Waals surface area (Å²) in [5, 5.41) is 2.98. The van der Waals surface area contributed by atoms with Crippen LogP contribution in [0, 0.1) is 6.92 Å². The van der Waals surface area contributed by atoms with Crippen LogP contribution in [0.3, 0.4) is 0 Å². The van der Waals surface area contributed by atoms with Crippen molar-refractivity contribution in [1.29, 1.82) is 0 Å². The van der Waals surface area contributed by atoms with Crippen molar-refractivity contribution in [2.24, 2.45) is 0 Å². The normalized spacial score (nSPS) is 11.7. The Morgan fingerprint density at radius 1 is 1.35 bits per heavy atom. The molecule has 20 heavy (non-hydrogen) atoms. The molecule has 0 bridgehead atoms. The Morgan fingerprint density at radius 2 is 2.10 bits per heavy atom. The first-order valence-electron chi connectivity index (χ1n) is 5.82. The molecule has 0 atom stereocenters. The number of rotatable bonds is 4. The molecule has 2 rings (SSSR count). The molecule has 0 saturated carbocycles. The number of alkyl halides is 3. The Labute approximate surface area is 117 Å². The van der Waals surface area contributed by atoms with Crippen LogP contribution >= 0.6 is 11.8 Å². The van der Waals surface area contributed by atoms with Crippen molar-refractivity contribution in [2.75, 3.05) is 11.9 Å². The number of aryl methyl sites for hydroxylation is 1. The van der Waals surface area contributed by atoms with E-state index in [1.807, 2.05) is 0 Å². The van der Waals surface area contributed by atoms with E-state index in [9.17, 15) is 13.2 Å². The first-order valence-corrected chi connectivity index (χ1v) is 6.64. The van der Waals surface area contributed by atoms with Gasteiger partial charge in [0.25, 0.3) is 0 Å². The van der Waals surface area contributed by atoms with Gasteiger partial charge in [0.05, 0.1) is 11.2 Å². The molecular weight excluding hydrogens is 291 g/mol. The fraction of sp³-hybridized carbons (Fsp3) is 0.333. The second-order valence-electron chi connectivity index (χ2n) is 3.89. The van der Waals surface area contributed by atoms with Crippen LogP contribution in [0.1, 0.15) is 18.5 Å². The second-order valence-corrected chi connectivity index (χ2v) is 4.95. The van der Waals surface area contributed by atoms with E-state index in [1.54, 1.807) is 19.9 Å². The SMILES string of the molecule is CCNc1cc(Sc2ccoc2C)nc(C(F)(F)F)n1. The molecule has 0 fully saturated rings. The molecule has 0 saturated heterocycles. The molecule has 0 aliphatic carbocycles. The van der Waals surface area contributed by atoms with Crippen LogP contribution in [0.4, 0.5) is 19.0 Å². The van der Waals surface area contributed by atoms with Gasteiger partial charge in [-0.15, -0.1) is 0 Å². The summed E-state index contributed by atoms with van der Waals surface area (Å²) in [6, 6.07) is 3.16. The van der Waals surface area contributed by atoms with Crippen LogP contribution < -0.4 is 5.32 Å². The summed E-state index contributed by atoms with van der Waals surface area (Å²) >= 11 is 1.11. The number of nitrogens with one attached hydrogen (secondary N) is 1. The quantitative estimate of drug-likeness (QED) is 0.866. The maximum absolute atomic E-state index is 12.8. The molecule has 8 heteroatoms. The molecule has 2 aromatic rings. The third-order valence-corrected chi connectivity index (χ3v) is 3.40. The van der Waals surface area contributed by atoms with Crippen LogP contribution in [0.2, 0.25) is 0 Å². The summed E-state index contributed by atoms with van der Waals surface area (Å²) in [7, 11) is 0. The van der Waals surface area contributed by atoms with Gasteiger partial charge in [-0.1, -0.05) is 11.8 Å². The minimum absolute atomic E-state index is 0.151. The van der Waals surface area contributed by atoms with Gasteiger partial charge in [-0.05, 0) is 19.9 Å². The molecule has 0 aromatic carbocycles. The standard InChI is InChI=1S/C12H12F3N3OS/c1-3-16-9-6-10(18-11(17-9)12(13,14)15)20-8-4-5-19-7(8)2/h4-6H,3H2,1-2H3,(H,16,17,18). The van der Waals surface area contributed by atoms with Gasteiger partial charge in [-0.3, -0.25) is 0 Å². The first-order chi connectivity index (χ1) is 9.40. The number of nitrogens with zero attached hydrogens (tertiary/aromatic N) is 2. The van der Waals surface area contributed by atoms with Gasteiger partial charge in [0.2, 0.25) is 5.82 Å². The van der Waals surface area contributed by atoms with Crippen molar-refractivity contribution < 1.29 is 17.6 Å². The Hall–Kier alpha value is -1.70. The molecule has 0 aliphatic rings. The van der Waals surface area contributed by atoms with Gasteiger partial charge in [-0.2, -0.15) is 13.2 Å². The van der Waals surface area contributed by atoms with Crippen LogP contribution in [0.5, 0.6) is 0 Å². The van der Waals surface area contributed by atoms with Crippen LogP contribution in [-0.2, 0) is 6.18 Å². The monoisotopic (exact) mass is 303 g/mol. The second kappa shape index (κ2) is 5.74. The molecule has 0 amide bonds. The number of furan rings is 1. The number of halogens is 3. The lowest BCUT2D eigenvalue weighted by molar-refractivity contribution is -0.145. The predicted molar refractivity (Wildman–Crippen MR) is 68.8 cm³/mol. The Morgan fingerprint density at radius 3 is 2.65 bits per heavy atom. The Kier molecular flexibility index (Phi) is 4.22. The molecule has 2 heterocycles. The molecule has 2 aromatic heterocycles. The molecule has 0 radical (unpaired) electrons. The summed E-state index contributed by atoms with van der Waals surface area (Å²) in [6.07, 6.45) is -3.10. The summed E-state index contributed by atoms with van der Waals surface area (Å²) in [6.45, 7) is 3.99. The maximum Gasteiger partial charge on any atom is 0.451 e. The maximum atomic E-state index is 12.8. The van der Waals surface area contributed by atoms with Gasteiger partial charge in [0, 0.05) is 12.6 Å². The minimum Gasteiger partial charge on any atom is -0.468 e. The van der Waals surface area contributed by atoms with Crippen LogP contribution in [-0.4, -0.2) is 16.5 Å². The highest BCUT2D eigenvalue weighted by atomic mass is 32.2. The highest BCUT2D eigenvalue weighted by Crippen LogP contribution is 2.33. The highest BCUT2D eigenvalue weighted by Gasteiger charge is 2.35. The van der Waals surface area contributed by atoms with E-state index in [-0.39, 0.29) is 10.8 Å². The average molecular weight is 303 g/mol. The summed E-state index contributed by atoms with van der Waals surface area (Å²) in [5.74, 6) is -0.370. The lowest BCUT2D eigenvalue weighted by Crippen LogP contribution is -2.13. The van der Waals surface area contributed by atoms with Crippen molar-refractivity contribution in [2.45, 2.75) is 29.9 Å². The highest BCUT2D eigenvalue weighted by molar-refractivity contribution is 7.99. The fourth-order valence-electron chi connectivity index (χ4n) is 1.47. The minimum atomic E-state index is -4.58. The van der Waals surface area contributed by atoms with Crippen molar-refractivity contribution in [1.82, 2.24) is 9.97 Å². The third-order valence-electron chi connectivity index (χ3n) is 2.34. The van der Waals surface area contributed by atoms with Crippen molar-refractivity contribution in [3.8, 4) is 0 Å². The van der Waals surface area contributed by atoms with E-state index in [4.69, 9.17) is 4.42 Å². The Balaban J connectivity index is 2.36. The fourth-order valence-corrected chi connectivity index (χ4v) is 2.31. The van der Waals surface area contributed by atoms with E-state index < -0.39 is 12.0 Å². The largest absolute Gasteiger partial charge is 0.468 e. The Bertz CT molecular complexity index is 598. The zero-order valence-electron chi connectivity index (χ0n) is 10.8. The molecule has 108 valence electrons. The smallest absolute Gasteiger partial charge is 0.451 e. The molecule has 4 nitrogen and oxygen atoms in total. The average Bonchev–Trinajstić information content (AvgIpc) is 2.74. The summed E-state index contributed by atoms with van der Waals surface area (Å²) < 4.78 is 43.4. The number of aromatic nitrogens is 2. The molecule has 0 spiro atoms. The zero-order valence-corrected chi connectivity index (χ0v) is 11.6. The number of hydrogen-bond acceptors (Lipinski definition) is 5. The molecule has 0 aliphatic heterocycles. The van der Waals surface area contributed by atoms with E-state index >= 15 is 0 Å². The van der Waals surface area contributed by atoms with Crippen LogP contribution in [0.15, 0.2) is 32.7 Å². The summed E-state index contributed by atoms with van der Waals surface area (Å²) in [5.41, 5.74) is 0. The van der Waals surface area contributed by atoms with Crippen LogP contribution in [0.25, 0.3) is 0 Å². The molecular formula is C12H12F3N3OS. The number of hydrogen-bond donors (Lipinski definition) is 1. The van der Waals surface area contributed by atoms with Crippen molar-refractivity contribution >= 4 is 17.6 Å². The van der Waals surface area contributed by atoms with E-state index in [0.29, 0.717) is 12.3 Å². The van der Waals surface area contributed by atoms with Gasteiger partial charge in [0.1, 0.15) is 16.6 Å². The van der Waals surface area contributed by atoms with Gasteiger partial charge >= 0.3 is 6.18 Å². The predicted octanol–water partition coefficient (Wildman–Crippen LogP) is 3.98. The van der Waals surface area contributed by atoms with E-state index in [0.717, 1.165) is 16.7 Å². The van der Waals surface area contributed by atoms with Gasteiger partial charge < -0.3 is 9.73 Å². The summed E-state index contributed by atoms with van der Waals surface area (Å²) in [4.78, 5) is 7.73. The third kappa shape index (κ3) is 3.44.